The lowest BCUT2D eigenvalue weighted by Gasteiger charge is -2.46. The molecule has 2 aromatic rings. The van der Waals surface area contributed by atoms with Crippen LogP contribution in [0.3, 0.4) is 0 Å². The number of carbonyl (C=O) groups excluding carboxylic acids is 2. The fraction of sp³-hybridized carbons (Fsp3) is 0.531. The number of likely N-dealkylation sites (tertiary alicyclic amines) is 1. The normalized spacial score (nSPS) is 24.1. The van der Waals surface area contributed by atoms with E-state index >= 15 is 0 Å². The number of amides is 2. The van der Waals surface area contributed by atoms with Crippen molar-refractivity contribution in [3.63, 3.8) is 0 Å². The maximum Gasteiger partial charge on any atom is 0.306 e. The predicted molar refractivity (Wildman–Crippen MR) is 156 cm³/mol. The summed E-state index contributed by atoms with van der Waals surface area (Å²) in [6.07, 6.45) is -2.96. The number of carbonyl (C=O) groups is 3. The average molecular weight is 597 g/mol. The number of para-hydroxylation sites is 1. The summed E-state index contributed by atoms with van der Waals surface area (Å²) in [5.74, 6) is -0.888. The zero-order chi connectivity index (χ0) is 31.2. The van der Waals surface area contributed by atoms with Gasteiger partial charge in [0.05, 0.1) is 32.2 Å². The Labute approximate surface area is 251 Å². The minimum Gasteiger partial charge on any atom is -0.493 e. The number of rotatable bonds is 6. The standard InChI is InChI=1S/C32H40N2O9/c1-17-14-20-25-22(15-17)43-31(39)28(32(2,3)4)34(25)29(36)23(16-24(35)33-12-10-18(11-13-33)30(37)38)42-26(20)19-8-7-9-21(40-5)27(19)41-6/h7-9,14-15,18,23,26,28,31,39H,10-13,16H2,1-6H3,(H,37,38)/t23-,26-,28+,31?/m1/s1. The first-order valence-corrected chi connectivity index (χ1v) is 14.5. The minimum absolute atomic E-state index is 0.258. The molecule has 4 atom stereocenters. The van der Waals surface area contributed by atoms with Crippen LogP contribution in [0.5, 0.6) is 17.2 Å². The first-order valence-electron chi connectivity index (χ1n) is 14.5. The maximum absolute atomic E-state index is 14.6. The Kier molecular flexibility index (Phi) is 8.32. The predicted octanol–water partition coefficient (Wildman–Crippen LogP) is 3.67. The number of anilines is 1. The third kappa shape index (κ3) is 5.63. The number of aliphatic hydroxyl groups is 1. The van der Waals surface area contributed by atoms with Crippen molar-refractivity contribution in [2.24, 2.45) is 11.3 Å². The zero-order valence-electron chi connectivity index (χ0n) is 25.5. The van der Waals surface area contributed by atoms with Gasteiger partial charge in [0.1, 0.15) is 24.0 Å². The molecule has 3 heterocycles. The highest BCUT2D eigenvalue weighted by molar-refractivity contribution is 6.02. The number of aliphatic carboxylic acids is 1. The molecule has 2 N–H and O–H groups in total. The topological polar surface area (TPSA) is 135 Å². The van der Waals surface area contributed by atoms with Crippen LogP contribution >= 0.6 is 0 Å². The van der Waals surface area contributed by atoms with Crippen LogP contribution in [0.1, 0.15) is 62.8 Å². The summed E-state index contributed by atoms with van der Waals surface area (Å²) < 4.78 is 24.0. The van der Waals surface area contributed by atoms with Gasteiger partial charge < -0.3 is 34.1 Å². The number of carboxylic acid groups (broad SMARTS) is 1. The van der Waals surface area contributed by atoms with Gasteiger partial charge >= 0.3 is 5.97 Å². The highest BCUT2D eigenvalue weighted by atomic mass is 16.6. The fourth-order valence-corrected chi connectivity index (χ4v) is 6.45. The molecule has 1 fully saturated rings. The highest BCUT2D eigenvalue weighted by Crippen LogP contribution is 2.52. The van der Waals surface area contributed by atoms with Gasteiger partial charge in [-0.3, -0.25) is 19.3 Å². The number of aliphatic hydroxyl groups excluding tert-OH is 1. The van der Waals surface area contributed by atoms with E-state index in [1.165, 1.54) is 14.2 Å². The Morgan fingerprint density at radius 1 is 1.07 bits per heavy atom. The summed E-state index contributed by atoms with van der Waals surface area (Å²) in [5.41, 5.74) is 1.92. The Hall–Kier alpha value is -3.83. The minimum atomic E-state index is -1.32. The smallest absolute Gasteiger partial charge is 0.306 e. The lowest BCUT2D eigenvalue weighted by Crippen LogP contribution is -2.60. The second-order valence-corrected chi connectivity index (χ2v) is 12.5. The van der Waals surface area contributed by atoms with Gasteiger partial charge in [-0.1, -0.05) is 39.0 Å². The van der Waals surface area contributed by atoms with Crippen molar-refractivity contribution < 1.29 is 43.5 Å². The van der Waals surface area contributed by atoms with Crippen LogP contribution < -0.4 is 19.1 Å². The van der Waals surface area contributed by atoms with Crippen LogP contribution in [0.15, 0.2) is 30.3 Å². The van der Waals surface area contributed by atoms with Gasteiger partial charge in [-0.25, -0.2) is 0 Å². The van der Waals surface area contributed by atoms with Crippen LogP contribution in [0.2, 0.25) is 0 Å². The average Bonchev–Trinajstić information content (AvgIpc) is 3.06. The fourth-order valence-electron chi connectivity index (χ4n) is 6.45. The largest absolute Gasteiger partial charge is 0.493 e. The van der Waals surface area contributed by atoms with E-state index in [0.29, 0.717) is 46.9 Å². The van der Waals surface area contributed by atoms with E-state index in [1.54, 1.807) is 28.0 Å². The molecule has 5 rings (SSSR count). The molecule has 43 heavy (non-hydrogen) atoms. The molecule has 11 heteroatoms. The van der Waals surface area contributed by atoms with E-state index < -0.39 is 47.7 Å². The Bertz CT molecular complexity index is 1410. The van der Waals surface area contributed by atoms with Crippen molar-refractivity contribution in [1.82, 2.24) is 4.90 Å². The van der Waals surface area contributed by atoms with E-state index in [9.17, 15) is 24.6 Å². The molecular weight excluding hydrogens is 556 g/mol. The molecule has 0 spiro atoms. The van der Waals surface area contributed by atoms with E-state index in [2.05, 4.69) is 0 Å². The summed E-state index contributed by atoms with van der Waals surface area (Å²) in [5, 5.41) is 20.6. The van der Waals surface area contributed by atoms with Crippen molar-refractivity contribution in [3.05, 3.63) is 47.0 Å². The summed E-state index contributed by atoms with van der Waals surface area (Å²) in [7, 11) is 3.06. The third-order valence-electron chi connectivity index (χ3n) is 8.54. The number of nitrogens with zero attached hydrogens (tertiary/aromatic N) is 2. The second kappa shape index (κ2) is 11.7. The first kappa shape index (κ1) is 30.6. The van der Waals surface area contributed by atoms with Gasteiger partial charge in [0.25, 0.3) is 5.91 Å². The monoisotopic (exact) mass is 596 g/mol. The van der Waals surface area contributed by atoms with Gasteiger partial charge in [-0.2, -0.15) is 0 Å². The second-order valence-electron chi connectivity index (χ2n) is 12.5. The van der Waals surface area contributed by atoms with Crippen LogP contribution in [0.4, 0.5) is 5.69 Å². The molecule has 3 aliphatic rings. The number of ether oxygens (including phenoxy) is 4. The quantitative estimate of drug-likeness (QED) is 0.512. The first-order chi connectivity index (χ1) is 20.3. The maximum atomic E-state index is 14.6. The van der Waals surface area contributed by atoms with Crippen LogP contribution in [0, 0.1) is 18.3 Å². The van der Waals surface area contributed by atoms with Crippen molar-refractivity contribution in [1.29, 1.82) is 0 Å². The molecule has 232 valence electrons. The Morgan fingerprint density at radius 2 is 1.77 bits per heavy atom. The highest BCUT2D eigenvalue weighted by Gasteiger charge is 2.51. The van der Waals surface area contributed by atoms with E-state index in [1.807, 2.05) is 39.8 Å². The van der Waals surface area contributed by atoms with Gasteiger partial charge in [0.15, 0.2) is 11.5 Å². The molecule has 1 unspecified atom stereocenters. The van der Waals surface area contributed by atoms with Crippen molar-refractivity contribution in [3.8, 4) is 17.2 Å². The molecule has 0 saturated carbocycles. The van der Waals surface area contributed by atoms with E-state index in [-0.39, 0.29) is 25.4 Å². The van der Waals surface area contributed by atoms with Crippen LogP contribution in [-0.4, -0.2) is 78.6 Å². The number of hydrogen-bond donors (Lipinski definition) is 2. The van der Waals surface area contributed by atoms with Crippen LogP contribution in [0.25, 0.3) is 0 Å². The molecule has 11 nitrogen and oxygen atoms in total. The molecule has 3 aliphatic heterocycles. The number of aryl methyl sites for hydroxylation is 1. The van der Waals surface area contributed by atoms with Gasteiger partial charge in [0, 0.05) is 24.2 Å². The molecule has 0 aliphatic carbocycles. The van der Waals surface area contributed by atoms with Gasteiger partial charge in [-0.05, 0) is 42.9 Å². The summed E-state index contributed by atoms with van der Waals surface area (Å²) in [6.45, 7) is 8.20. The molecular formula is C32H40N2O9. The summed E-state index contributed by atoms with van der Waals surface area (Å²) >= 11 is 0. The molecule has 2 aromatic carbocycles. The Balaban J connectivity index is 1.64. The number of benzene rings is 2. The molecule has 0 bridgehead atoms. The summed E-state index contributed by atoms with van der Waals surface area (Å²) in [6, 6.07) is 8.31. The molecule has 0 radical (unpaired) electrons. The van der Waals surface area contributed by atoms with Crippen molar-refractivity contribution >= 4 is 23.5 Å². The number of methoxy groups -OCH3 is 2. The van der Waals surface area contributed by atoms with E-state index in [4.69, 9.17) is 18.9 Å². The molecule has 1 saturated heterocycles. The third-order valence-corrected chi connectivity index (χ3v) is 8.54. The SMILES string of the molecule is COc1cccc([C@H]2O[C@H](CC(=O)N3CCC(C(=O)O)CC3)C(=O)N3c4c(cc(C)cc42)OC(O)[C@H]3C(C)(C)C)c1OC. The lowest BCUT2D eigenvalue weighted by molar-refractivity contribution is -0.148. The lowest BCUT2D eigenvalue weighted by atomic mass is 9.83. The molecule has 0 aromatic heterocycles. The van der Waals surface area contributed by atoms with Crippen molar-refractivity contribution in [2.75, 3.05) is 32.2 Å². The van der Waals surface area contributed by atoms with Crippen LogP contribution in [-0.2, 0) is 19.1 Å². The van der Waals surface area contributed by atoms with Gasteiger partial charge in [0.2, 0.25) is 12.2 Å². The summed E-state index contributed by atoms with van der Waals surface area (Å²) in [4.78, 5) is 42.8. The zero-order valence-corrected chi connectivity index (χ0v) is 25.5. The number of hydrogen-bond acceptors (Lipinski definition) is 8. The van der Waals surface area contributed by atoms with Gasteiger partial charge in [-0.15, -0.1) is 0 Å². The van der Waals surface area contributed by atoms with Crippen molar-refractivity contribution in [2.45, 2.75) is 71.5 Å². The van der Waals surface area contributed by atoms with E-state index in [0.717, 1.165) is 5.56 Å². The molecule has 2 amide bonds. The number of piperidine rings is 1. The Morgan fingerprint density at radius 3 is 2.37 bits per heavy atom. The number of carboxylic acids is 1.